The van der Waals surface area contributed by atoms with Crippen molar-refractivity contribution in [3.8, 4) is 0 Å². The second-order valence-corrected chi connectivity index (χ2v) is 8.54. The van der Waals surface area contributed by atoms with Crippen LogP contribution >= 0.6 is 0 Å². The van der Waals surface area contributed by atoms with Gasteiger partial charge in [-0.05, 0) is 19.3 Å². The van der Waals surface area contributed by atoms with Gasteiger partial charge >= 0.3 is 0 Å². The first-order chi connectivity index (χ1) is 11.8. The van der Waals surface area contributed by atoms with Gasteiger partial charge in [0.25, 0.3) is 0 Å². The van der Waals surface area contributed by atoms with Gasteiger partial charge in [0, 0.05) is 12.8 Å². The zero-order valence-electron chi connectivity index (χ0n) is 17.3. The van der Waals surface area contributed by atoms with Gasteiger partial charge in [-0.2, -0.15) is 0 Å². The first-order valence-electron chi connectivity index (χ1n) is 11.7. The molecular weight excluding hydrogens is 290 g/mol. The highest BCUT2D eigenvalue weighted by molar-refractivity contribution is 4.56. The van der Waals surface area contributed by atoms with E-state index in [2.05, 4.69) is 13.8 Å². The van der Waals surface area contributed by atoms with E-state index in [9.17, 15) is 0 Å². The van der Waals surface area contributed by atoms with E-state index < -0.39 is 0 Å². The van der Waals surface area contributed by atoms with E-state index in [-0.39, 0.29) is 0 Å². The van der Waals surface area contributed by atoms with Gasteiger partial charge in [0.2, 0.25) is 0 Å². The Hall–Kier alpha value is -0.0400. The minimum atomic E-state index is 1.37. The summed E-state index contributed by atoms with van der Waals surface area (Å²) in [6.45, 7) is 10.5. The highest BCUT2D eigenvalue weighted by Crippen LogP contribution is 2.22. The standard InChI is InChI=1S/C23H48N/c1-3-5-6-7-8-9-10-11-12-13-14-15-16-17-21-24(20-4-2)22-18-19-23-24/h3-23H2,1-2H3/q+1. The number of unbranched alkanes of at least 4 members (excludes halogenated alkanes) is 13. The van der Waals surface area contributed by atoms with Gasteiger partial charge in [0.15, 0.2) is 0 Å². The van der Waals surface area contributed by atoms with Crippen molar-refractivity contribution in [2.24, 2.45) is 0 Å². The fourth-order valence-corrected chi connectivity index (χ4v) is 4.68. The lowest BCUT2D eigenvalue weighted by Gasteiger charge is -2.34. The van der Waals surface area contributed by atoms with E-state index in [0.717, 1.165) is 0 Å². The Morgan fingerprint density at radius 2 is 0.875 bits per heavy atom. The first kappa shape index (κ1) is 22.0. The zero-order chi connectivity index (χ0) is 17.3. The maximum absolute atomic E-state index is 2.36. The van der Waals surface area contributed by atoms with Crippen LogP contribution in [0.25, 0.3) is 0 Å². The Bertz CT molecular complexity index is 255. The van der Waals surface area contributed by atoms with Crippen LogP contribution in [0.1, 0.15) is 123 Å². The molecule has 1 rings (SSSR count). The Labute approximate surface area is 154 Å². The van der Waals surface area contributed by atoms with Crippen molar-refractivity contribution in [2.45, 2.75) is 123 Å². The SMILES string of the molecule is CCCCCCCCCCCCCCCC[N+]1(CCC)CCCC1. The molecule has 0 spiro atoms. The summed E-state index contributed by atoms with van der Waals surface area (Å²) in [5.74, 6) is 0. The number of nitrogens with zero attached hydrogens (tertiary/aromatic N) is 1. The summed E-state index contributed by atoms with van der Waals surface area (Å²) in [5.41, 5.74) is 0. The van der Waals surface area contributed by atoms with Crippen LogP contribution in [0.2, 0.25) is 0 Å². The minimum absolute atomic E-state index is 1.37. The van der Waals surface area contributed by atoms with Crippen LogP contribution in [0.5, 0.6) is 0 Å². The average Bonchev–Trinajstić information content (AvgIpc) is 3.04. The number of rotatable bonds is 17. The molecule has 0 amide bonds. The summed E-state index contributed by atoms with van der Waals surface area (Å²) < 4.78 is 1.47. The molecule has 1 aliphatic heterocycles. The molecule has 0 saturated carbocycles. The van der Waals surface area contributed by atoms with Gasteiger partial charge in [-0.15, -0.1) is 0 Å². The summed E-state index contributed by atoms with van der Waals surface area (Å²) in [6.07, 6.45) is 25.0. The maximum atomic E-state index is 2.36. The fraction of sp³-hybridized carbons (Fsp3) is 1.00. The maximum Gasteiger partial charge on any atom is 0.0788 e. The Morgan fingerprint density at radius 1 is 0.458 bits per heavy atom. The van der Waals surface area contributed by atoms with Crippen LogP contribution in [-0.2, 0) is 0 Å². The zero-order valence-corrected chi connectivity index (χ0v) is 17.3. The van der Waals surface area contributed by atoms with Gasteiger partial charge in [-0.3, -0.25) is 0 Å². The monoisotopic (exact) mass is 338 g/mol. The number of likely N-dealkylation sites (tertiary alicyclic amines) is 1. The summed E-state index contributed by atoms with van der Waals surface area (Å²) >= 11 is 0. The molecular formula is C23H48N+. The molecule has 1 nitrogen and oxygen atoms in total. The van der Waals surface area contributed by atoms with Crippen molar-refractivity contribution in [2.75, 3.05) is 26.2 Å². The molecule has 0 aromatic carbocycles. The van der Waals surface area contributed by atoms with Crippen molar-refractivity contribution >= 4 is 0 Å². The third kappa shape index (κ3) is 10.7. The third-order valence-electron chi connectivity index (χ3n) is 6.20. The van der Waals surface area contributed by atoms with E-state index >= 15 is 0 Å². The molecule has 0 bridgehead atoms. The molecule has 0 N–H and O–H groups in total. The normalized spacial score (nSPS) is 16.8. The highest BCUT2D eigenvalue weighted by Gasteiger charge is 2.29. The second kappa shape index (κ2) is 15.2. The van der Waals surface area contributed by atoms with Crippen LogP contribution in [0.3, 0.4) is 0 Å². The van der Waals surface area contributed by atoms with Crippen LogP contribution < -0.4 is 0 Å². The summed E-state index contributed by atoms with van der Waals surface area (Å²) in [7, 11) is 0. The smallest absolute Gasteiger partial charge is 0.0788 e. The molecule has 1 fully saturated rings. The quantitative estimate of drug-likeness (QED) is 0.190. The van der Waals surface area contributed by atoms with Gasteiger partial charge in [-0.1, -0.05) is 90.9 Å². The van der Waals surface area contributed by atoms with Crippen molar-refractivity contribution in [1.82, 2.24) is 0 Å². The van der Waals surface area contributed by atoms with Crippen LogP contribution in [0, 0.1) is 0 Å². The molecule has 24 heavy (non-hydrogen) atoms. The fourth-order valence-electron chi connectivity index (χ4n) is 4.68. The Balaban J connectivity index is 1.80. The Kier molecular flexibility index (Phi) is 14.0. The highest BCUT2D eigenvalue weighted by atomic mass is 15.4. The van der Waals surface area contributed by atoms with E-state index in [4.69, 9.17) is 0 Å². The molecule has 1 heteroatoms. The lowest BCUT2D eigenvalue weighted by Crippen LogP contribution is -2.46. The molecule has 0 aromatic rings. The number of hydrogen-bond donors (Lipinski definition) is 0. The number of hydrogen-bond acceptors (Lipinski definition) is 0. The average molecular weight is 339 g/mol. The Morgan fingerprint density at radius 3 is 1.29 bits per heavy atom. The molecule has 1 heterocycles. The van der Waals surface area contributed by atoms with Crippen LogP contribution in [0.15, 0.2) is 0 Å². The van der Waals surface area contributed by atoms with Crippen molar-refractivity contribution in [1.29, 1.82) is 0 Å². The van der Waals surface area contributed by atoms with Crippen LogP contribution in [0.4, 0.5) is 0 Å². The lowest BCUT2D eigenvalue weighted by atomic mass is 10.0. The van der Waals surface area contributed by atoms with Crippen molar-refractivity contribution in [3.63, 3.8) is 0 Å². The lowest BCUT2D eigenvalue weighted by molar-refractivity contribution is -0.917. The van der Waals surface area contributed by atoms with E-state index in [1.807, 2.05) is 0 Å². The van der Waals surface area contributed by atoms with Crippen LogP contribution in [-0.4, -0.2) is 30.7 Å². The second-order valence-electron chi connectivity index (χ2n) is 8.54. The van der Waals surface area contributed by atoms with Gasteiger partial charge in [-0.25, -0.2) is 0 Å². The van der Waals surface area contributed by atoms with Gasteiger partial charge in [0.1, 0.15) is 0 Å². The minimum Gasteiger partial charge on any atom is -0.324 e. The largest absolute Gasteiger partial charge is 0.324 e. The summed E-state index contributed by atoms with van der Waals surface area (Å²) in [5, 5.41) is 0. The molecule has 0 aliphatic carbocycles. The van der Waals surface area contributed by atoms with Crippen molar-refractivity contribution in [3.05, 3.63) is 0 Å². The van der Waals surface area contributed by atoms with E-state index in [1.54, 1.807) is 0 Å². The molecule has 1 saturated heterocycles. The van der Waals surface area contributed by atoms with Crippen molar-refractivity contribution < 1.29 is 4.48 Å². The van der Waals surface area contributed by atoms with Gasteiger partial charge in [0.05, 0.1) is 26.2 Å². The molecule has 144 valence electrons. The van der Waals surface area contributed by atoms with Gasteiger partial charge < -0.3 is 4.48 Å². The molecule has 0 atom stereocenters. The van der Waals surface area contributed by atoms with E-state index in [1.165, 1.54) is 140 Å². The molecule has 0 radical (unpaired) electrons. The molecule has 0 unspecified atom stereocenters. The first-order valence-corrected chi connectivity index (χ1v) is 11.7. The predicted molar refractivity (Wildman–Crippen MR) is 110 cm³/mol. The summed E-state index contributed by atoms with van der Waals surface area (Å²) in [6, 6.07) is 0. The third-order valence-corrected chi connectivity index (χ3v) is 6.20. The van der Waals surface area contributed by atoms with E-state index in [0.29, 0.717) is 0 Å². The number of quaternary nitrogens is 1. The summed E-state index contributed by atoms with van der Waals surface area (Å²) in [4.78, 5) is 0. The molecule has 0 aromatic heterocycles. The predicted octanol–water partition coefficient (Wildman–Crippen LogP) is 7.49. The topological polar surface area (TPSA) is 0 Å². The molecule has 1 aliphatic rings.